The summed E-state index contributed by atoms with van der Waals surface area (Å²) in [5.74, 6) is 1.91. The summed E-state index contributed by atoms with van der Waals surface area (Å²) in [6.07, 6.45) is 0.852. The first kappa shape index (κ1) is 23.4. The third-order valence-electron chi connectivity index (χ3n) is 6.69. The molecule has 0 saturated carbocycles. The zero-order valence-electron chi connectivity index (χ0n) is 20.8. The van der Waals surface area contributed by atoms with Crippen molar-refractivity contribution < 1.29 is 9.84 Å². The molecule has 2 aromatic carbocycles. The monoisotopic (exact) mass is 474 g/mol. The van der Waals surface area contributed by atoms with E-state index in [1.807, 2.05) is 12.1 Å². The maximum Gasteiger partial charge on any atom is 0.228 e. The lowest BCUT2D eigenvalue weighted by Gasteiger charge is -2.29. The van der Waals surface area contributed by atoms with Gasteiger partial charge in [0.1, 0.15) is 11.6 Å². The molecule has 184 valence electrons. The Morgan fingerprint density at radius 1 is 0.943 bits per heavy atom. The van der Waals surface area contributed by atoms with Crippen LogP contribution in [0.15, 0.2) is 48.5 Å². The Labute approximate surface area is 207 Å². The van der Waals surface area contributed by atoms with Gasteiger partial charge >= 0.3 is 0 Å². The van der Waals surface area contributed by atoms with E-state index < -0.39 is 0 Å². The van der Waals surface area contributed by atoms with Gasteiger partial charge < -0.3 is 29.4 Å². The van der Waals surface area contributed by atoms with Crippen molar-refractivity contribution >= 4 is 23.1 Å². The first-order valence-corrected chi connectivity index (χ1v) is 12.3. The maximum absolute atomic E-state index is 10.1. The smallest absolute Gasteiger partial charge is 0.228 e. The van der Waals surface area contributed by atoms with Gasteiger partial charge in [0.2, 0.25) is 5.95 Å². The first-order chi connectivity index (χ1) is 17.0. The predicted molar refractivity (Wildman–Crippen MR) is 141 cm³/mol. The van der Waals surface area contributed by atoms with Gasteiger partial charge in [0.15, 0.2) is 0 Å². The van der Waals surface area contributed by atoms with Crippen molar-refractivity contribution in [3.63, 3.8) is 0 Å². The minimum Gasteiger partial charge on any atom is -0.508 e. The number of aromatic hydroxyl groups is 1. The molecule has 8 nitrogen and oxygen atoms in total. The van der Waals surface area contributed by atoms with E-state index in [0.717, 1.165) is 73.4 Å². The van der Waals surface area contributed by atoms with Gasteiger partial charge in [-0.1, -0.05) is 18.2 Å². The number of fused-ring (bicyclic) bond motifs is 1. The Morgan fingerprint density at radius 2 is 1.74 bits per heavy atom. The van der Waals surface area contributed by atoms with E-state index >= 15 is 0 Å². The molecule has 8 heteroatoms. The summed E-state index contributed by atoms with van der Waals surface area (Å²) in [6, 6.07) is 16.0. The summed E-state index contributed by atoms with van der Waals surface area (Å²) in [5.41, 5.74) is 5.25. The summed E-state index contributed by atoms with van der Waals surface area (Å²) in [6.45, 7) is 5.68. The molecule has 1 aromatic heterocycles. The fourth-order valence-corrected chi connectivity index (χ4v) is 4.67. The molecule has 3 aromatic rings. The van der Waals surface area contributed by atoms with Crippen molar-refractivity contribution in [3.8, 4) is 17.0 Å². The highest BCUT2D eigenvalue weighted by molar-refractivity contribution is 5.78. The number of nitrogens with zero attached hydrogens (tertiary/aromatic N) is 6. The van der Waals surface area contributed by atoms with Crippen LogP contribution in [0.4, 0.5) is 23.1 Å². The molecule has 3 heterocycles. The van der Waals surface area contributed by atoms with Crippen molar-refractivity contribution in [1.29, 1.82) is 0 Å². The molecule has 2 aliphatic rings. The predicted octanol–water partition coefficient (Wildman–Crippen LogP) is 3.38. The second-order valence-corrected chi connectivity index (χ2v) is 9.47. The Balaban J connectivity index is 1.54. The quantitative estimate of drug-likeness (QED) is 0.559. The Hall–Kier alpha value is -3.36. The number of hydrogen-bond acceptors (Lipinski definition) is 8. The molecule has 0 unspecified atom stereocenters. The molecule has 0 atom stereocenters. The highest BCUT2D eigenvalue weighted by Crippen LogP contribution is 2.40. The average molecular weight is 475 g/mol. The van der Waals surface area contributed by atoms with E-state index in [9.17, 15) is 5.11 Å². The number of likely N-dealkylation sites (N-methyl/N-ethyl adjacent to an activating group) is 2. The van der Waals surface area contributed by atoms with Gasteiger partial charge in [0.05, 0.1) is 18.9 Å². The van der Waals surface area contributed by atoms with Crippen LogP contribution in [0.25, 0.3) is 11.3 Å². The summed E-state index contributed by atoms with van der Waals surface area (Å²) < 4.78 is 5.56. The van der Waals surface area contributed by atoms with E-state index in [4.69, 9.17) is 14.7 Å². The van der Waals surface area contributed by atoms with E-state index in [-0.39, 0.29) is 5.75 Å². The number of aromatic nitrogens is 2. The maximum atomic E-state index is 10.1. The lowest BCUT2D eigenvalue weighted by Crippen LogP contribution is -2.37. The molecule has 0 spiro atoms. The second-order valence-electron chi connectivity index (χ2n) is 9.47. The Bertz CT molecular complexity index is 1180. The number of hydrogen-bond donors (Lipinski definition) is 1. The summed E-state index contributed by atoms with van der Waals surface area (Å²) in [7, 11) is 6.34. The molecule has 0 amide bonds. The van der Waals surface area contributed by atoms with Gasteiger partial charge in [0, 0.05) is 62.3 Å². The lowest BCUT2D eigenvalue weighted by atomic mass is 10.1. The fraction of sp³-hybridized carbons (Fsp3) is 0.407. The van der Waals surface area contributed by atoms with Crippen LogP contribution in [-0.2, 0) is 11.2 Å². The topological polar surface area (TPSA) is 68.2 Å². The number of benzene rings is 2. The van der Waals surface area contributed by atoms with Crippen LogP contribution in [0.5, 0.6) is 5.75 Å². The van der Waals surface area contributed by atoms with Crippen LogP contribution in [0.3, 0.4) is 0 Å². The van der Waals surface area contributed by atoms with Gasteiger partial charge in [-0.25, -0.2) is 4.98 Å². The normalized spacial score (nSPS) is 15.5. The molecule has 0 radical (unpaired) electrons. The number of phenols is 1. The van der Waals surface area contributed by atoms with Crippen LogP contribution in [0, 0.1) is 0 Å². The lowest BCUT2D eigenvalue weighted by molar-refractivity contribution is 0.122. The van der Waals surface area contributed by atoms with Crippen LogP contribution in [-0.4, -0.2) is 87.1 Å². The first-order valence-electron chi connectivity index (χ1n) is 12.3. The van der Waals surface area contributed by atoms with Crippen molar-refractivity contribution in [2.45, 2.75) is 6.42 Å². The van der Waals surface area contributed by atoms with E-state index in [1.54, 1.807) is 12.1 Å². The molecule has 0 aliphatic carbocycles. The van der Waals surface area contributed by atoms with E-state index in [1.165, 1.54) is 5.69 Å². The zero-order chi connectivity index (χ0) is 24.4. The number of anilines is 4. The van der Waals surface area contributed by atoms with Crippen LogP contribution in [0.1, 0.15) is 5.56 Å². The molecule has 1 fully saturated rings. The van der Waals surface area contributed by atoms with Crippen LogP contribution < -0.4 is 14.7 Å². The fourth-order valence-electron chi connectivity index (χ4n) is 4.67. The Kier molecular flexibility index (Phi) is 6.74. The molecule has 0 bridgehead atoms. The van der Waals surface area contributed by atoms with Crippen LogP contribution >= 0.6 is 0 Å². The second kappa shape index (κ2) is 10.1. The molecular weight excluding hydrogens is 440 g/mol. The summed E-state index contributed by atoms with van der Waals surface area (Å²) in [4.78, 5) is 19.1. The SMILES string of the molecule is CN(C)CCN(C)c1cccc(N2CCc3c(-c4cccc(O)c4)nc(N4CCOCC4)nc32)c1. The number of rotatable bonds is 7. The van der Waals surface area contributed by atoms with Crippen molar-refractivity contribution in [2.75, 3.05) is 81.8 Å². The van der Waals surface area contributed by atoms with E-state index in [0.29, 0.717) is 13.2 Å². The molecule has 35 heavy (non-hydrogen) atoms. The van der Waals surface area contributed by atoms with Crippen LogP contribution in [0.2, 0.25) is 0 Å². The average Bonchev–Trinajstić information content (AvgIpc) is 3.31. The minimum absolute atomic E-state index is 0.242. The Morgan fingerprint density at radius 3 is 2.51 bits per heavy atom. The van der Waals surface area contributed by atoms with Crippen molar-refractivity contribution in [3.05, 3.63) is 54.1 Å². The molecular formula is C27H34N6O2. The van der Waals surface area contributed by atoms with Gasteiger partial charge in [0.25, 0.3) is 0 Å². The number of morpholine rings is 1. The largest absolute Gasteiger partial charge is 0.508 e. The molecule has 2 aliphatic heterocycles. The highest BCUT2D eigenvalue weighted by atomic mass is 16.5. The standard InChI is InChI=1S/C27H34N6O2/c1-30(2)12-13-31(3)21-7-5-8-22(19-21)33-11-10-24-25(20-6-4-9-23(34)18-20)28-27(29-26(24)33)32-14-16-35-17-15-32/h4-9,18-19,34H,10-17H2,1-3H3. The van der Waals surface area contributed by atoms with Crippen molar-refractivity contribution in [1.82, 2.24) is 14.9 Å². The third kappa shape index (κ3) is 5.04. The zero-order valence-corrected chi connectivity index (χ0v) is 20.8. The van der Waals surface area contributed by atoms with Crippen molar-refractivity contribution in [2.24, 2.45) is 0 Å². The molecule has 1 N–H and O–H groups in total. The van der Waals surface area contributed by atoms with Gasteiger partial charge in [-0.2, -0.15) is 4.98 Å². The molecule has 5 rings (SSSR count). The summed E-state index contributed by atoms with van der Waals surface area (Å²) >= 11 is 0. The van der Waals surface area contributed by atoms with E-state index in [2.05, 4.69) is 65.0 Å². The van der Waals surface area contributed by atoms with Gasteiger partial charge in [-0.3, -0.25) is 0 Å². The van der Waals surface area contributed by atoms with Gasteiger partial charge in [-0.15, -0.1) is 0 Å². The third-order valence-corrected chi connectivity index (χ3v) is 6.69. The summed E-state index contributed by atoms with van der Waals surface area (Å²) in [5, 5.41) is 10.1. The number of ether oxygens (including phenoxy) is 1. The highest BCUT2D eigenvalue weighted by Gasteiger charge is 2.29. The number of phenolic OH excluding ortho intramolecular Hbond substituents is 1. The van der Waals surface area contributed by atoms with Gasteiger partial charge in [-0.05, 0) is 50.8 Å². The molecule has 1 saturated heterocycles. The minimum atomic E-state index is 0.242.